The number of nitrogens with zero attached hydrogens (tertiary/aromatic N) is 1. The highest BCUT2D eigenvalue weighted by Gasteiger charge is 2.45. The Labute approximate surface area is 302 Å². The molecule has 1 aliphatic heterocycles. The molecule has 1 aliphatic rings. The first-order valence-corrected chi connectivity index (χ1v) is 17.8. The predicted octanol–water partition coefficient (Wildman–Crippen LogP) is 7.41. The van der Waals surface area contributed by atoms with Gasteiger partial charge in [0, 0.05) is 30.0 Å². The van der Waals surface area contributed by atoms with E-state index < -0.39 is 46.0 Å². The number of rotatable bonds is 14. The molecule has 51 heavy (non-hydrogen) atoms. The Kier molecular flexibility index (Phi) is 14.0. The lowest BCUT2D eigenvalue weighted by molar-refractivity contribution is -0.246. The third-order valence-corrected chi connectivity index (χ3v) is 8.91. The molecule has 2 aromatic carbocycles. The highest BCUT2D eigenvalue weighted by atomic mass is 19.1. The van der Waals surface area contributed by atoms with Gasteiger partial charge in [0.2, 0.25) is 11.8 Å². The van der Waals surface area contributed by atoms with Crippen molar-refractivity contribution in [3.05, 3.63) is 83.4 Å². The molecule has 1 saturated heterocycles. The maximum atomic E-state index is 14.0. The fourth-order valence-corrected chi connectivity index (χ4v) is 6.94. The van der Waals surface area contributed by atoms with Crippen molar-refractivity contribution in [3.63, 3.8) is 0 Å². The van der Waals surface area contributed by atoms with E-state index in [1.54, 1.807) is 45.0 Å². The van der Waals surface area contributed by atoms with Gasteiger partial charge < -0.3 is 25.9 Å². The number of amides is 3. The van der Waals surface area contributed by atoms with E-state index in [-0.39, 0.29) is 49.5 Å². The molecule has 3 rings (SSSR count). The maximum absolute atomic E-state index is 14.0. The third kappa shape index (κ3) is 13.7. The Balaban J connectivity index is 1.92. The molecule has 0 aromatic heterocycles. The molecule has 4 N–H and O–H groups in total. The number of carbonyl (C=O) groups is 3. The van der Waals surface area contributed by atoms with Gasteiger partial charge in [-0.3, -0.25) is 9.59 Å². The summed E-state index contributed by atoms with van der Waals surface area (Å²) in [7, 11) is 0. The molecule has 282 valence electrons. The lowest BCUT2D eigenvalue weighted by Crippen LogP contribution is -2.63. The van der Waals surface area contributed by atoms with Crippen molar-refractivity contribution >= 4 is 17.9 Å². The topological polar surface area (TPSA) is 120 Å². The van der Waals surface area contributed by atoms with Crippen LogP contribution >= 0.6 is 0 Å². The fraction of sp³-hybridized carbons (Fsp3) is 0.575. The number of carbonyl (C=O) groups excluding carboxylic acids is 3. The van der Waals surface area contributed by atoms with Crippen molar-refractivity contribution in [2.45, 2.75) is 142 Å². The number of alkyl carbamates (subject to hydrolysis) is 1. The smallest absolute Gasteiger partial charge is 0.408 e. The van der Waals surface area contributed by atoms with Crippen LogP contribution in [0.1, 0.15) is 106 Å². The van der Waals surface area contributed by atoms with E-state index in [4.69, 9.17) is 4.74 Å². The lowest BCUT2D eigenvalue weighted by atomic mass is 9.79. The zero-order valence-corrected chi connectivity index (χ0v) is 31.7. The molecule has 0 bridgehead atoms. The minimum Gasteiger partial charge on any atom is -0.444 e. The second-order valence-corrected chi connectivity index (χ2v) is 16.7. The number of hydroxylamine groups is 2. The molecule has 0 unspecified atom stereocenters. The molecule has 1 atom stereocenters. The van der Waals surface area contributed by atoms with Crippen molar-refractivity contribution in [2.24, 2.45) is 5.92 Å². The van der Waals surface area contributed by atoms with Crippen molar-refractivity contribution in [2.75, 3.05) is 0 Å². The van der Waals surface area contributed by atoms with Gasteiger partial charge in [-0.15, -0.1) is 0 Å². The summed E-state index contributed by atoms with van der Waals surface area (Å²) in [4.78, 5) is 39.7. The maximum Gasteiger partial charge on any atom is 0.408 e. The molecule has 0 spiro atoms. The van der Waals surface area contributed by atoms with Crippen LogP contribution in [0.5, 0.6) is 0 Å². The largest absolute Gasteiger partial charge is 0.444 e. The number of nitrogens with one attached hydrogen (secondary N) is 3. The van der Waals surface area contributed by atoms with Crippen molar-refractivity contribution < 1.29 is 33.1 Å². The molecule has 0 saturated carbocycles. The normalized spacial score (nSPS) is 17.3. The van der Waals surface area contributed by atoms with Gasteiger partial charge in [0.15, 0.2) is 0 Å². The van der Waals surface area contributed by atoms with E-state index in [1.807, 2.05) is 53.7 Å². The standard InChI is InChI=1S/C40H58F2N4O5/c1-27(2)22-32(44-36(49)51-37(3,4)5)20-21-40(23-28-10-14-30(41)15-11-28,24-29-12-16-31(42)17-13-29)45-35(48)19-18-34(47)43-33-25-38(6,7)46(50)39(8,9)26-33/h10-17,20-21,27,32-33,50H,18-19,22-26H2,1-9H3,(H,43,47)(H,44,49)(H,45,48)/b21-20+/t32-/m1/s1. The van der Waals surface area contributed by atoms with Gasteiger partial charge in [0.25, 0.3) is 0 Å². The number of ether oxygens (including phenoxy) is 1. The molecular formula is C40H58F2N4O5. The van der Waals surface area contributed by atoms with Crippen LogP contribution in [0.4, 0.5) is 13.6 Å². The van der Waals surface area contributed by atoms with E-state index in [2.05, 4.69) is 16.0 Å². The second kappa shape index (κ2) is 17.1. The number of halogens is 2. The summed E-state index contributed by atoms with van der Waals surface area (Å²) in [6, 6.07) is 11.4. The van der Waals surface area contributed by atoms with E-state index >= 15 is 0 Å². The summed E-state index contributed by atoms with van der Waals surface area (Å²) in [6.07, 6.45) is 5.08. The Morgan fingerprint density at radius 2 is 1.35 bits per heavy atom. The number of piperidine rings is 1. The first-order valence-electron chi connectivity index (χ1n) is 17.8. The van der Waals surface area contributed by atoms with E-state index in [9.17, 15) is 28.4 Å². The summed E-state index contributed by atoms with van der Waals surface area (Å²) in [5.74, 6) is -1.26. The van der Waals surface area contributed by atoms with E-state index in [0.717, 1.165) is 11.1 Å². The van der Waals surface area contributed by atoms with Gasteiger partial charge >= 0.3 is 6.09 Å². The molecule has 1 heterocycles. The minimum absolute atomic E-state index is 0.0604. The molecular weight excluding hydrogens is 654 g/mol. The van der Waals surface area contributed by atoms with E-state index in [0.29, 0.717) is 19.3 Å². The first-order chi connectivity index (χ1) is 23.6. The highest BCUT2D eigenvalue weighted by molar-refractivity contribution is 5.84. The predicted molar refractivity (Wildman–Crippen MR) is 195 cm³/mol. The molecule has 2 aromatic rings. The van der Waals surface area contributed by atoms with Crippen LogP contribution in [0.15, 0.2) is 60.7 Å². The van der Waals surface area contributed by atoms with Crippen molar-refractivity contribution in [1.82, 2.24) is 21.0 Å². The monoisotopic (exact) mass is 712 g/mol. The van der Waals surface area contributed by atoms with Gasteiger partial charge in [-0.2, -0.15) is 5.06 Å². The van der Waals surface area contributed by atoms with Crippen LogP contribution in [0.2, 0.25) is 0 Å². The Bertz CT molecular complexity index is 1430. The third-order valence-electron chi connectivity index (χ3n) is 8.91. The Morgan fingerprint density at radius 1 is 0.882 bits per heavy atom. The van der Waals surface area contributed by atoms with Crippen LogP contribution in [0, 0.1) is 17.6 Å². The molecule has 11 heteroatoms. The summed E-state index contributed by atoms with van der Waals surface area (Å²) in [6.45, 7) is 17.1. The number of benzene rings is 2. The molecule has 0 radical (unpaired) electrons. The average molecular weight is 713 g/mol. The van der Waals surface area contributed by atoms with Crippen LogP contribution in [0.25, 0.3) is 0 Å². The summed E-state index contributed by atoms with van der Waals surface area (Å²) >= 11 is 0. The zero-order valence-electron chi connectivity index (χ0n) is 31.7. The number of hydrogen-bond acceptors (Lipinski definition) is 6. The van der Waals surface area contributed by atoms with Crippen LogP contribution in [-0.4, -0.2) is 62.5 Å². The zero-order chi connectivity index (χ0) is 38.2. The van der Waals surface area contributed by atoms with E-state index in [1.165, 1.54) is 29.3 Å². The second-order valence-electron chi connectivity index (χ2n) is 16.7. The average Bonchev–Trinajstić information content (AvgIpc) is 2.98. The molecule has 9 nitrogen and oxygen atoms in total. The Hall–Kier alpha value is -3.83. The van der Waals surface area contributed by atoms with Crippen LogP contribution in [-0.2, 0) is 27.2 Å². The minimum atomic E-state index is -1.12. The molecule has 3 amide bonds. The van der Waals surface area contributed by atoms with Crippen molar-refractivity contribution in [3.8, 4) is 0 Å². The summed E-state index contributed by atoms with van der Waals surface area (Å²) < 4.78 is 33.4. The Morgan fingerprint density at radius 3 is 1.80 bits per heavy atom. The quantitative estimate of drug-likeness (QED) is 0.152. The molecule has 1 fully saturated rings. The van der Waals surface area contributed by atoms with Gasteiger partial charge in [-0.25, -0.2) is 13.6 Å². The fourth-order valence-electron chi connectivity index (χ4n) is 6.94. The lowest BCUT2D eigenvalue weighted by Gasteiger charge is -2.51. The van der Waals surface area contributed by atoms with Gasteiger partial charge in [0.1, 0.15) is 17.2 Å². The SMILES string of the molecule is CC(C)C[C@@H](/C=C/C(Cc1ccc(F)cc1)(Cc1ccc(F)cc1)NC(=O)CCC(=O)NC1CC(C)(C)N(O)C(C)(C)C1)NC(=O)OC(C)(C)C. The van der Waals surface area contributed by atoms with Crippen LogP contribution in [0.3, 0.4) is 0 Å². The van der Waals surface area contributed by atoms with Crippen LogP contribution < -0.4 is 16.0 Å². The summed E-state index contributed by atoms with van der Waals surface area (Å²) in [5, 5.41) is 21.2. The summed E-state index contributed by atoms with van der Waals surface area (Å²) in [5.41, 5.74) is -1.43. The highest BCUT2D eigenvalue weighted by Crippen LogP contribution is 2.36. The molecule has 0 aliphatic carbocycles. The van der Waals surface area contributed by atoms with Gasteiger partial charge in [0.05, 0.1) is 11.6 Å². The van der Waals surface area contributed by atoms with Gasteiger partial charge in [-0.05, 0) is 122 Å². The van der Waals surface area contributed by atoms with Crippen molar-refractivity contribution in [1.29, 1.82) is 0 Å². The first kappa shape index (κ1) is 41.6. The van der Waals surface area contributed by atoms with Gasteiger partial charge in [-0.1, -0.05) is 50.3 Å². The number of hydrogen-bond donors (Lipinski definition) is 4.